The molecule has 1 fully saturated rings. The van der Waals surface area contributed by atoms with Crippen molar-refractivity contribution in [3.63, 3.8) is 0 Å². The Kier molecular flexibility index (Phi) is 4.01. The van der Waals surface area contributed by atoms with Gasteiger partial charge in [-0.05, 0) is 30.0 Å². The summed E-state index contributed by atoms with van der Waals surface area (Å²) < 4.78 is 5.23. The lowest BCUT2D eigenvalue weighted by Gasteiger charge is -2.09. The molecule has 1 aliphatic carbocycles. The van der Waals surface area contributed by atoms with Crippen LogP contribution in [0.4, 0.5) is 0 Å². The Hall–Kier alpha value is -1.99. The molecular weight excluding hydrogens is 252 g/mol. The van der Waals surface area contributed by atoms with E-state index < -0.39 is 0 Å². The minimum absolute atomic E-state index is 0.0703. The van der Waals surface area contributed by atoms with Crippen molar-refractivity contribution >= 4 is 5.91 Å². The molecule has 106 valence electrons. The highest BCUT2D eigenvalue weighted by Gasteiger charge is 2.46. The molecule has 20 heavy (non-hydrogen) atoms. The molecule has 0 bridgehead atoms. The van der Waals surface area contributed by atoms with Gasteiger partial charge in [-0.2, -0.15) is 0 Å². The molecule has 0 aliphatic heterocycles. The van der Waals surface area contributed by atoms with E-state index in [1.54, 1.807) is 25.3 Å². The molecule has 0 saturated heterocycles. The zero-order valence-corrected chi connectivity index (χ0v) is 12.1. The molecule has 0 spiro atoms. The Balaban J connectivity index is 2.18. The van der Waals surface area contributed by atoms with E-state index in [1.165, 1.54) is 0 Å². The zero-order valence-electron chi connectivity index (χ0n) is 12.1. The lowest BCUT2D eigenvalue weighted by molar-refractivity contribution is 0.0946. The largest absolute Gasteiger partial charge is 0.495 e. The lowest BCUT2D eigenvalue weighted by atomic mass is 10.1. The first-order valence-electron chi connectivity index (χ1n) is 6.66. The number of ether oxygens (including phenoxy) is 1. The molecule has 4 nitrogen and oxygen atoms in total. The third kappa shape index (κ3) is 3.12. The number of carbonyl (C=O) groups is 1. The Morgan fingerprint density at radius 2 is 2.25 bits per heavy atom. The maximum atomic E-state index is 12.2. The molecule has 1 amide bonds. The summed E-state index contributed by atoms with van der Waals surface area (Å²) in [5.41, 5.74) is 6.86. The van der Waals surface area contributed by atoms with Crippen LogP contribution in [0, 0.1) is 17.3 Å². The fourth-order valence-electron chi connectivity index (χ4n) is 2.05. The van der Waals surface area contributed by atoms with Gasteiger partial charge in [0.2, 0.25) is 0 Å². The zero-order chi connectivity index (χ0) is 14.8. The van der Waals surface area contributed by atoms with Gasteiger partial charge in [-0.25, -0.2) is 0 Å². The predicted octanol–water partition coefficient (Wildman–Crippen LogP) is 1.53. The van der Waals surface area contributed by atoms with Crippen LogP contribution in [-0.4, -0.2) is 25.6 Å². The van der Waals surface area contributed by atoms with Crippen molar-refractivity contribution in [3.8, 4) is 17.6 Å². The van der Waals surface area contributed by atoms with E-state index in [0.29, 0.717) is 16.9 Å². The normalized spacial score (nSPS) is 18.7. The molecule has 2 rings (SSSR count). The minimum atomic E-state index is -0.0703. The second-order valence-corrected chi connectivity index (χ2v) is 5.64. The van der Waals surface area contributed by atoms with Crippen LogP contribution in [0.5, 0.6) is 5.75 Å². The molecule has 1 aliphatic rings. The first-order chi connectivity index (χ1) is 9.47. The number of hydrogen-bond donors (Lipinski definition) is 2. The predicted molar refractivity (Wildman–Crippen MR) is 78.6 cm³/mol. The average molecular weight is 272 g/mol. The number of nitrogens with one attached hydrogen (secondary N) is 1. The first-order valence-corrected chi connectivity index (χ1v) is 6.66. The van der Waals surface area contributed by atoms with Gasteiger partial charge >= 0.3 is 0 Å². The molecule has 1 aromatic carbocycles. The smallest absolute Gasteiger partial charge is 0.251 e. The van der Waals surface area contributed by atoms with Crippen LogP contribution >= 0.6 is 0 Å². The van der Waals surface area contributed by atoms with Crippen LogP contribution in [0.25, 0.3) is 0 Å². The van der Waals surface area contributed by atoms with E-state index in [2.05, 4.69) is 31.0 Å². The Morgan fingerprint density at radius 3 is 2.80 bits per heavy atom. The third-order valence-corrected chi connectivity index (χ3v) is 3.61. The number of benzene rings is 1. The minimum Gasteiger partial charge on any atom is -0.495 e. The van der Waals surface area contributed by atoms with E-state index in [1.807, 2.05) is 0 Å². The van der Waals surface area contributed by atoms with E-state index in [-0.39, 0.29) is 23.9 Å². The highest BCUT2D eigenvalue weighted by atomic mass is 16.5. The third-order valence-electron chi connectivity index (χ3n) is 3.61. The summed E-state index contributed by atoms with van der Waals surface area (Å²) in [5, 5.41) is 3.03. The monoisotopic (exact) mass is 272 g/mol. The van der Waals surface area contributed by atoms with Gasteiger partial charge in [0.25, 0.3) is 5.91 Å². The van der Waals surface area contributed by atoms with Crippen LogP contribution in [0.3, 0.4) is 0 Å². The standard InChI is InChI=1S/C16H20N2O2/c1-16(2)10-14(16)18-15(19)12-6-7-13(20-3)11(9-12)5-4-8-17/h6-7,9,14H,8,10,17H2,1-3H3,(H,18,19). The van der Waals surface area contributed by atoms with Gasteiger partial charge in [-0.15, -0.1) is 0 Å². The average Bonchev–Trinajstić information content (AvgIpc) is 3.02. The van der Waals surface area contributed by atoms with Gasteiger partial charge in [-0.1, -0.05) is 25.7 Å². The SMILES string of the molecule is COc1ccc(C(=O)NC2CC2(C)C)cc1C#CCN. The molecule has 3 N–H and O–H groups in total. The summed E-state index contributed by atoms with van der Waals surface area (Å²) >= 11 is 0. The van der Waals surface area contributed by atoms with E-state index in [4.69, 9.17) is 10.5 Å². The Bertz CT molecular complexity index is 582. The van der Waals surface area contributed by atoms with Gasteiger partial charge in [-0.3, -0.25) is 4.79 Å². The highest BCUT2D eigenvalue weighted by Crippen LogP contribution is 2.44. The number of nitrogens with two attached hydrogens (primary N) is 1. The number of methoxy groups -OCH3 is 1. The molecule has 1 atom stereocenters. The van der Waals surface area contributed by atoms with Crippen LogP contribution in [0.1, 0.15) is 36.2 Å². The van der Waals surface area contributed by atoms with Crippen LogP contribution in [0.15, 0.2) is 18.2 Å². The number of hydrogen-bond acceptors (Lipinski definition) is 3. The summed E-state index contributed by atoms with van der Waals surface area (Å²) in [6.07, 6.45) is 1.02. The summed E-state index contributed by atoms with van der Waals surface area (Å²) in [7, 11) is 1.58. The summed E-state index contributed by atoms with van der Waals surface area (Å²) in [4.78, 5) is 12.2. The lowest BCUT2D eigenvalue weighted by Crippen LogP contribution is -2.28. The van der Waals surface area contributed by atoms with Crippen molar-refractivity contribution in [2.24, 2.45) is 11.1 Å². The van der Waals surface area contributed by atoms with E-state index in [0.717, 1.165) is 6.42 Å². The molecule has 0 radical (unpaired) electrons. The van der Waals surface area contributed by atoms with Crippen LogP contribution in [-0.2, 0) is 0 Å². The van der Waals surface area contributed by atoms with Gasteiger partial charge < -0.3 is 15.8 Å². The van der Waals surface area contributed by atoms with Gasteiger partial charge in [0.15, 0.2) is 0 Å². The molecule has 4 heteroatoms. The topological polar surface area (TPSA) is 64.3 Å². The molecule has 1 saturated carbocycles. The maximum Gasteiger partial charge on any atom is 0.251 e. The van der Waals surface area contributed by atoms with Gasteiger partial charge in [0.05, 0.1) is 19.2 Å². The van der Waals surface area contributed by atoms with Crippen molar-refractivity contribution in [2.45, 2.75) is 26.3 Å². The molecular formula is C16H20N2O2. The van der Waals surface area contributed by atoms with Crippen LogP contribution in [0.2, 0.25) is 0 Å². The second kappa shape index (κ2) is 5.56. The molecule has 1 unspecified atom stereocenters. The number of carbonyl (C=O) groups excluding carboxylic acids is 1. The maximum absolute atomic E-state index is 12.2. The summed E-state index contributed by atoms with van der Waals surface area (Å²) in [5.74, 6) is 6.28. The molecule has 1 aromatic rings. The number of amides is 1. The van der Waals surface area contributed by atoms with E-state index in [9.17, 15) is 4.79 Å². The summed E-state index contributed by atoms with van der Waals surface area (Å²) in [6.45, 7) is 4.56. The van der Waals surface area contributed by atoms with Gasteiger partial charge in [0.1, 0.15) is 5.75 Å². The quantitative estimate of drug-likeness (QED) is 0.820. The second-order valence-electron chi connectivity index (χ2n) is 5.64. The highest BCUT2D eigenvalue weighted by molar-refractivity contribution is 5.95. The molecule has 0 heterocycles. The first kappa shape index (κ1) is 14.4. The number of rotatable bonds is 3. The van der Waals surface area contributed by atoms with Crippen molar-refractivity contribution in [1.82, 2.24) is 5.32 Å². The Morgan fingerprint density at radius 1 is 1.55 bits per heavy atom. The van der Waals surface area contributed by atoms with Crippen molar-refractivity contribution < 1.29 is 9.53 Å². The van der Waals surface area contributed by atoms with Crippen molar-refractivity contribution in [2.75, 3.05) is 13.7 Å². The Labute approximate surface area is 119 Å². The van der Waals surface area contributed by atoms with Gasteiger partial charge in [0, 0.05) is 11.6 Å². The fraction of sp³-hybridized carbons (Fsp3) is 0.438. The summed E-state index contributed by atoms with van der Waals surface area (Å²) in [6, 6.07) is 5.51. The van der Waals surface area contributed by atoms with E-state index >= 15 is 0 Å². The molecule has 0 aromatic heterocycles. The fourth-order valence-corrected chi connectivity index (χ4v) is 2.05. The van der Waals surface area contributed by atoms with Crippen molar-refractivity contribution in [1.29, 1.82) is 0 Å². The van der Waals surface area contributed by atoms with Crippen LogP contribution < -0.4 is 15.8 Å². The van der Waals surface area contributed by atoms with Crippen molar-refractivity contribution in [3.05, 3.63) is 29.3 Å².